The molecule has 1 aromatic heterocycles. The second-order valence-electron chi connectivity index (χ2n) is 7.95. The Hall–Kier alpha value is -2.99. The number of rotatable bonds is 4. The first-order valence-corrected chi connectivity index (χ1v) is 10.3. The number of carbonyl (C=O) groups is 1. The number of nitrogens with one attached hydrogen (secondary N) is 1. The largest absolute Gasteiger partial charge is 0.349 e. The summed E-state index contributed by atoms with van der Waals surface area (Å²) in [7, 11) is 0. The minimum absolute atomic E-state index is 0.0450. The van der Waals surface area contributed by atoms with Crippen molar-refractivity contribution in [3.05, 3.63) is 70.8 Å². The molecule has 2 heterocycles. The van der Waals surface area contributed by atoms with Crippen molar-refractivity contribution in [1.82, 2.24) is 25.0 Å². The van der Waals surface area contributed by atoms with Gasteiger partial charge in [-0.05, 0) is 34.2 Å². The van der Waals surface area contributed by atoms with Gasteiger partial charge in [-0.2, -0.15) is 0 Å². The van der Waals surface area contributed by atoms with E-state index in [4.69, 9.17) is 0 Å². The summed E-state index contributed by atoms with van der Waals surface area (Å²) in [6, 6.07) is 15.6. The van der Waals surface area contributed by atoms with Gasteiger partial charge in [0.05, 0.1) is 6.54 Å². The van der Waals surface area contributed by atoms with E-state index in [-0.39, 0.29) is 5.91 Å². The monoisotopic (exact) mass is 387 g/mol. The van der Waals surface area contributed by atoms with Crippen molar-refractivity contribution in [3.8, 4) is 11.1 Å². The normalized spacial score (nSPS) is 15.3. The maximum atomic E-state index is 11.2. The molecule has 148 valence electrons. The Morgan fingerprint density at radius 1 is 1.03 bits per heavy atom. The Bertz CT molecular complexity index is 1070. The van der Waals surface area contributed by atoms with Crippen molar-refractivity contribution in [2.24, 2.45) is 0 Å². The van der Waals surface area contributed by atoms with Crippen molar-refractivity contribution in [3.63, 3.8) is 0 Å². The molecular formula is C23H25N5O. The van der Waals surface area contributed by atoms with Crippen LogP contribution in [-0.2, 0) is 37.3 Å². The summed E-state index contributed by atoms with van der Waals surface area (Å²) >= 11 is 0. The molecule has 5 rings (SSSR count). The van der Waals surface area contributed by atoms with Crippen LogP contribution in [0, 0.1) is 0 Å². The van der Waals surface area contributed by atoms with Crippen LogP contribution in [0.4, 0.5) is 0 Å². The SMILES string of the molecule is CC(=O)NCc1nnc2n1CCN(Cc1ccc3c(c1)Cc1ccccc1-3)CC2. The van der Waals surface area contributed by atoms with Gasteiger partial charge in [-0.3, -0.25) is 9.69 Å². The Labute approximate surface area is 170 Å². The molecule has 0 saturated carbocycles. The van der Waals surface area contributed by atoms with Crippen LogP contribution < -0.4 is 5.32 Å². The molecule has 29 heavy (non-hydrogen) atoms. The van der Waals surface area contributed by atoms with E-state index in [1.54, 1.807) is 0 Å². The average molecular weight is 387 g/mol. The maximum Gasteiger partial charge on any atom is 0.217 e. The predicted molar refractivity (Wildman–Crippen MR) is 111 cm³/mol. The molecule has 0 fully saturated rings. The number of nitrogens with zero attached hydrogens (tertiary/aromatic N) is 4. The highest BCUT2D eigenvalue weighted by Gasteiger charge is 2.21. The second-order valence-corrected chi connectivity index (χ2v) is 7.95. The Balaban J connectivity index is 1.27. The molecule has 0 radical (unpaired) electrons. The number of aromatic nitrogens is 3. The van der Waals surface area contributed by atoms with Crippen LogP contribution in [0.1, 0.15) is 35.3 Å². The molecule has 6 nitrogen and oxygen atoms in total. The molecule has 1 aliphatic heterocycles. The van der Waals surface area contributed by atoms with Crippen LogP contribution >= 0.6 is 0 Å². The molecule has 1 amide bonds. The van der Waals surface area contributed by atoms with Crippen LogP contribution in [-0.4, -0.2) is 38.7 Å². The summed E-state index contributed by atoms with van der Waals surface area (Å²) in [5, 5.41) is 11.4. The van der Waals surface area contributed by atoms with E-state index in [0.717, 1.165) is 50.7 Å². The summed E-state index contributed by atoms with van der Waals surface area (Å²) in [5.41, 5.74) is 7.00. The number of carbonyl (C=O) groups excluding carboxylic acids is 1. The van der Waals surface area contributed by atoms with Gasteiger partial charge < -0.3 is 9.88 Å². The molecule has 0 spiro atoms. The van der Waals surface area contributed by atoms with E-state index in [1.807, 2.05) is 0 Å². The molecule has 0 saturated heterocycles. The van der Waals surface area contributed by atoms with Crippen molar-refractivity contribution in [2.45, 2.75) is 39.4 Å². The van der Waals surface area contributed by atoms with E-state index in [2.05, 4.69) is 67.4 Å². The molecule has 6 heteroatoms. The molecule has 1 aliphatic carbocycles. The fourth-order valence-electron chi connectivity index (χ4n) is 4.47. The van der Waals surface area contributed by atoms with Gasteiger partial charge in [-0.25, -0.2) is 0 Å². The second kappa shape index (κ2) is 7.44. The molecular weight excluding hydrogens is 362 g/mol. The first-order chi connectivity index (χ1) is 14.2. The number of amides is 1. The van der Waals surface area contributed by atoms with Gasteiger partial charge in [-0.1, -0.05) is 42.5 Å². The zero-order valence-electron chi connectivity index (χ0n) is 16.7. The van der Waals surface area contributed by atoms with Gasteiger partial charge in [0.1, 0.15) is 5.82 Å². The van der Waals surface area contributed by atoms with Gasteiger partial charge in [0.2, 0.25) is 5.91 Å². The summed E-state index contributed by atoms with van der Waals surface area (Å²) < 4.78 is 2.16. The fraction of sp³-hybridized carbons (Fsp3) is 0.348. The van der Waals surface area contributed by atoms with Crippen LogP contribution in [0.15, 0.2) is 42.5 Å². The molecule has 0 unspecified atom stereocenters. The van der Waals surface area contributed by atoms with Gasteiger partial charge in [-0.15, -0.1) is 10.2 Å². The number of benzene rings is 2. The van der Waals surface area contributed by atoms with E-state index in [9.17, 15) is 4.79 Å². The fourth-order valence-corrected chi connectivity index (χ4v) is 4.47. The lowest BCUT2D eigenvalue weighted by Gasteiger charge is -2.20. The maximum absolute atomic E-state index is 11.2. The molecule has 2 aliphatic rings. The third-order valence-electron chi connectivity index (χ3n) is 5.96. The van der Waals surface area contributed by atoms with E-state index < -0.39 is 0 Å². The Kier molecular flexibility index (Phi) is 4.64. The van der Waals surface area contributed by atoms with Crippen LogP contribution in [0.2, 0.25) is 0 Å². The zero-order valence-corrected chi connectivity index (χ0v) is 16.7. The minimum Gasteiger partial charge on any atom is -0.349 e. The van der Waals surface area contributed by atoms with Crippen molar-refractivity contribution < 1.29 is 4.79 Å². The van der Waals surface area contributed by atoms with Gasteiger partial charge >= 0.3 is 0 Å². The summed E-state index contributed by atoms with van der Waals surface area (Å²) in [4.78, 5) is 13.7. The van der Waals surface area contributed by atoms with Crippen molar-refractivity contribution >= 4 is 5.91 Å². The summed E-state index contributed by atoms with van der Waals surface area (Å²) in [6.45, 7) is 5.69. The summed E-state index contributed by atoms with van der Waals surface area (Å²) in [6.07, 6.45) is 1.91. The number of hydrogen-bond donors (Lipinski definition) is 1. The Morgan fingerprint density at radius 3 is 2.79 bits per heavy atom. The lowest BCUT2D eigenvalue weighted by molar-refractivity contribution is -0.119. The molecule has 2 aromatic carbocycles. The highest BCUT2D eigenvalue weighted by atomic mass is 16.1. The molecule has 1 N–H and O–H groups in total. The molecule has 0 atom stereocenters. The highest BCUT2D eigenvalue weighted by molar-refractivity contribution is 5.76. The number of fused-ring (bicyclic) bond motifs is 4. The smallest absolute Gasteiger partial charge is 0.217 e. The van der Waals surface area contributed by atoms with Gasteiger partial charge in [0.25, 0.3) is 0 Å². The lowest BCUT2D eigenvalue weighted by Crippen LogP contribution is -2.27. The van der Waals surface area contributed by atoms with Crippen LogP contribution in [0.3, 0.4) is 0 Å². The quantitative estimate of drug-likeness (QED) is 0.585. The molecule has 0 bridgehead atoms. The summed E-state index contributed by atoms with van der Waals surface area (Å²) in [5.74, 6) is 1.81. The topological polar surface area (TPSA) is 63.1 Å². The van der Waals surface area contributed by atoms with E-state index >= 15 is 0 Å². The highest BCUT2D eigenvalue weighted by Crippen LogP contribution is 2.36. The molecule has 3 aromatic rings. The first kappa shape index (κ1) is 18.1. The van der Waals surface area contributed by atoms with Crippen LogP contribution in [0.5, 0.6) is 0 Å². The van der Waals surface area contributed by atoms with Gasteiger partial charge in [0, 0.05) is 39.5 Å². The van der Waals surface area contributed by atoms with E-state index in [1.165, 1.54) is 34.7 Å². The van der Waals surface area contributed by atoms with Crippen molar-refractivity contribution in [2.75, 3.05) is 13.1 Å². The lowest BCUT2D eigenvalue weighted by atomic mass is 10.0. The first-order valence-electron chi connectivity index (χ1n) is 10.3. The number of hydrogen-bond acceptors (Lipinski definition) is 4. The third kappa shape index (κ3) is 3.56. The Morgan fingerprint density at radius 2 is 1.90 bits per heavy atom. The van der Waals surface area contributed by atoms with Gasteiger partial charge in [0.15, 0.2) is 5.82 Å². The average Bonchev–Trinajstić information content (AvgIpc) is 3.22. The van der Waals surface area contributed by atoms with Crippen LogP contribution in [0.25, 0.3) is 11.1 Å². The predicted octanol–water partition coefficient (Wildman–Crippen LogP) is 2.54. The zero-order chi connectivity index (χ0) is 19.8. The van der Waals surface area contributed by atoms with E-state index in [0.29, 0.717) is 6.54 Å². The van der Waals surface area contributed by atoms with Crippen molar-refractivity contribution in [1.29, 1.82) is 0 Å². The standard InChI is InChI=1S/C23H25N5O/c1-16(29)24-14-23-26-25-22-8-9-27(10-11-28(22)23)15-17-6-7-21-19(12-17)13-18-4-2-3-5-20(18)21/h2-7,12H,8-11,13-15H2,1H3,(H,24,29). The third-order valence-corrected chi connectivity index (χ3v) is 5.96. The minimum atomic E-state index is -0.0450.